The maximum absolute atomic E-state index is 11.1. The summed E-state index contributed by atoms with van der Waals surface area (Å²) in [6.07, 6.45) is 5.51. The van der Waals surface area contributed by atoms with Crippen molar-refractivity contribution in [3.63, 3.8) is 0 Å². The highest BCUT2D eigenvalue weighted by molar-refractivity contribution is 5.78. The first-order valence-corrected chi connectivity index (χ1v) is 5.31. The smallest absolute Gasteiger partial charge is 0.135 e. The largest absolute Gasteiger partial charge is 0.392 e. The second-order valence-corrected chi connectivity index (χ2v) is 4.29. The van der Waals surface area contributed by atoms with Gasteiger partial charge in [-0.15, -0.1) is 0 Å². The van der Waals surface area contributed by atoms with Crippen molar-refractivity contribution in [3.8, 4) is 0 Å². The number of hydrogen-bond donors (Lipinski definition) is 1. The van der Waals surface area contributed by atoms with Crippen molar-refractivity contribution < 1.29 is 9.90 Å². The zero-order chi connectivity index (χ0) is 9.84. The fourth-order valence-electron chi connectivity index (χ4n) is 2.12. The Balaban J connectivity index is 2.44. The summed E-state index contributed by atoms with van der Waals surface area (Å²) in [5.41, 5.74) is 0. The summed E-state index contributed by atoms with van der Waals surface area (Å²) in [4.78, 5) is 11.1. The Hall–Kier alpha value is -0.370. The third-order valence-electron chi connectivity index (χ3n) is 3.29. The number of carbonyl (C=O) groups excluding carboxylic acids is 1. The van der Waals surface area contributed by atoms with Crippen molar-refractivity contribution in [1.29, 1.82) is 0 Å². The molecule has 0 heterocycles. The van der Waals surface area contributed by atoms with Crippen LogP contribution < -0.4 is 0 Å². The van der Waals surface area contributed by atoms with Crippen LogP contribution in [0.5, 0.6) is 0 Å². The Kier molecular flexibility index (Phi) is 3.91. The molecule has 0 aliphatic heterocycles. The average molecular weight is 184 g/mol. The normalized spacial score (nSPS) is 23.9. The van der Waals surface area contributed by atoms with Gasteiger partial charge in [-0.25, -0.2) is 0 Å². The van der Waals surface area contributed by atoms with Crippen molar-refractivity contribution in [2.24, 2.45) is 11.8 Å². The highest BCUT2D eigenvalue weighted by atomic mass is 16.3. The number of aliphatic hydroxyl groups is 1. The fourth-order valence-corrected chi connectivity index (χ4v) is 2.12. The number of aliphatic hydroxyl groups excluding tert-OH is 1. The van der Waals surface area contributed by atoms with E-state index in [0.717, 1.165) is 12.8 Å². The summed E-state index contributed by atoms with van der Waals surface area (Å²) in [5.74, 6) is 0.300. The topological polar surface area (TPSA) is 37.3 Å². The molecule has 0 bridgehead atoms. The van der Waals surface area contributed by atoms with E-state index in [0.29, 0.717) is 5.92 Å². The van der Waals surface area contributed by atoms with E-state index in [2.05, 4.69) is 0 Å². The molecule has 0 radical (unpaired) electrons. The zero-order valence-corrected chi connectivity index (χ0v) is 8.62. The third-order valence-corrected chi connectivity index (χ3v) is 3.29. The summed E-state index contributed by atoms with van der Waals surface area (Å²) in [6.45, 7) is 3.40. The first kappa shape index (κ1) is 10.7. The predicted molar refractivity (Wildman–Crippen MR) is 52.4 cm³/mol. The Bertz CT molecular complexity index is 171. The Labute approximate surface area is 80.3 Å². The van der Waals surface area contributed by atoms with Gasteiger partial charge in [0.15, 0.2) is 0 Å². The second kappa shape index (κ2) is 4.75. The minimum absolute atomic E-state index is 0.109. The molecule has 1 N–H and O–H groups in total. The SMILES string of the molecule is CC(=O)[C@H](C)[C@H](O)C1CCCCC1. The molecule has 0 unspecified atom stereocenters. The molecule has 13 heavy (non-hydrogen) atoms. The number of hydrogen-bond acceptors (Lipinski definition) is 2. The van der Waals surface area contributed by atoms with E-state index in [1.165, 1.54) is 19.3 Å². The molecule has 1 fully saturated rings. The summed E-state index contributed by atoms with van der Waals surface area (Å²) >= 11 is 0. The summed E-state index contributed by atoms with van der Waals surface area (Å²) in [6, 6.07) is 0. The quantitative estimate of drug-likeness (QED) is 0.729. The van der Waals surface area contributed by atoms with Crippen LogP contribution in [-0.4, -0.2) is 17.0 Å². The molecular formula is C11H20O2. The fraction of sp³-hybridized carbons (Fsp3) is 0.909. The van der Waals surface area contributed by atoms with Gasteiger partial charge in [0.1, 0.15) is 5.78 Å². The molecule has 1 aliphatic rings. The van der Waals surface area contributed by atoms with Crippen molar-refractivity contribution in [1.82, 2.24) is 0 Å². The minimum atomic E-state index is -0.405. The highest BCUT2D eigenvalue weighted by Gasteiger charge is 2.28. The van der Waals surface area contributed by atoms with Crippen LogP contribution in [0.3, 0.4) is 0 Å². The van der Waals surface area contributed by atoms with Crippen LogP contribution in [0.1, 0.15) is 46.0 Å². The van der Waals surface area contributed by atoms with Crippen LogP contribution in [0.25, 0.3) is 0 Å². The Morgan fingerprint density at radius 2 is 1.85 bits per heavy atom. The number of ketones is 1. The van der Waals surface area contributed by atoms with E-state index in [1.54, 1.807) is 6.92 Å². The van der Waals surface area contributed by atoms with Crippen LogP contribution in [0.15, 0.2) is 0 Å². The molecule has 0 aromatic carbocycles. The van der Waals surface area contributed by atoms with Crippen molar-refractivity contribution >= 4 is 5.78 Å². The summed E-state index contributed by atoms with van der Waals surface area (Å²) in [7, 11) is 0. The maximum Gasteiger partial charge on any atom is 0.135 e. The van der Waals surface area contributed by atoms with Gasteiger partial charge in [0.25, 0.3) is 0 Å². The van der Waals surface area contributed by atoms with E-state index in [9.17, 15) is 9.90 Å². The summed E-state index contributed by atoms with van der Waals surface area (Å²) in [5, 5.41) is 9.89. The molecule has 1 saturated carbocycles. The molecule has 0 aromatic heterocycles. The molecular weight excluding hydrogens is 164 g/mol. The highest BCUT2D eigenvalue weighted by Crippen LogP contribution is 2.29. The molecule has 0 aromatic rings. The molecule has 1 aliphatic carbocycles. The number of Topliss-reactive ketones (excluding diaryl/α,β-unsaturated/α-hetero) is 1. The van der Waals surface area contributed by atoms with Gasteiger partial charge in [0.2, 0.25) is 0 Å². The molecule has 0 spiro atoms. The van der Waals surface area contributed by atoms with Gasteiger partial charge in [-0.05, 0) is 25.7 Å². The van der Waals surface area contributed by atoms with E-state index < -0.39 is 6.10 Å². The lowest BCUT2D eigenvalue weighted by atomic mass is 9.80. The van der Waals surface area contributed by atoms with Gasteiger partial charge >= 0.3 is 0 Å². The van der Waals surface area contributed by atoms with Gasteiger partial charge < -0.3 is 5.11 Å². The van der Waals surface area contributed by atoms with Crippen LogP contribution in [0.4, 0.5) is 0 Å². The lowest BCUT2D eigenvalue weighted by Crippen LogP contribution is -2.32. The van der Waals surface area contributed by atoms with E-state index in [-0.39, 0.29) is 11.7 Å². The zero-order valence-electron chi connectivity index (χ0n) is 8.62. The predicted octanol–water partition coefficient (Wildman–Crippen LogP) is 2.15. The minimum Gasteiger partial charge on any atom is -0.392 e. The van der Waals surface area contributed by atoms with Gasteiger partial charge in [-0.3, -0.25) is 4.79 Å². The van der Waals surface area contributed by atoms with Crippen LogP contribution >= 0.6 is 0 Å². The Morgan fingerprint density at radius 3 is 2.31 bits per heavy atom. The first-order chi connectivity index (χ1) is 6.13. The molecule has 0 amide bonds. The number of carbonyl (C=O) groups is 1. The lowest BCUT2D eigenvalue weighted by Gasteiger charge is -2.29. The maximum atomic E-state index is 11.1. The van der Waals surface area contributed by atoms with Gasteiger partial charge in [-0.2, -0.15) is 0 Å². The first-order valence-electron chi connectivity index (χ1n) is 5.31. The second-order valence-electron chi connectivity index (χ2n) is 4.29. The van der Waals surface area contributed by atoms with Crippen molar-refractivity contribution in [2.45, 2.75) is 52.1 Å². The lowest BCUT2D eigenvalue weighted by molar-refractivity contribution is -0.125. The molecule has 0 saturated heterocycles. The number of rotatable bonds is 3. The van der Waals surface area contributed by atoms with Crippen molar-refractivity contribution in [3.05, 3.63) is 0 Å². The standard InChI is InChI=1S/C11H20O2/c1-8(9(2)12)11(13)10-6-4-3-5-7-10/h8,10-11,13H,3-7H2,1-2H3/t8-,11-/m0/s1. The van der Waals surface area contributed by atoms with Gasteiger partial charge in [0, 0.05) is 5.92 Å². The monoisotopic (exact) mass is 184 g/mol. The van der Waals surface area contributed by atoms with E-state index in [1.807, 2.05) is 6.92 Å². The molecule has 2 atom stereocenters. The van der Waals surface area contributed by atoms with Crippen LogP contribution in [0.2, 0.25) is 0 Å². The molecule has 1 rings (SSSR count). The van der Waals surface area contributed by atoms with Gasteiger partial charge in [0.05, 0.1) is 6.10 Å². The third kappa shape index (κ3) is 2.80. The van der Waals surface area contributed by atoms with E-state index in [4.69, 9.17) is 0 Å². The van der Waals surface area contributed by atoms with Crippen LogP contribution in [-0.2, 0) is 4.79 Å². The van der Waals surface area contributed by atoms with Gasteiger partial charge in [-0.1, -0.05) is 26.2 Å². The van der Waals surface area contributed by atoms with Crippen LogP contribution in [0, 0.1) is 11.8 Å². The summed E-state index contributed by atoms with van der Waals surface area (Å²) < 4.78 is 0. The average Bonchev–Trinajstić information content (AvgIpc) is 2.17. The Morgan fingerprint density at radius 1 is 1.31 bits per heavy atom. The van der Waals surface area contributed by atoms with E-state index >= 15 is 0 Å². The molecule has 76 valence electrons. The molecule has 2 nitrogen and oxygen atoms in total. The molecule has 2 heteroatoms. The van der Waals surface area contributed by atoms with Crippen molar-refractivity contribution in [2.75, 3.05) is 0 Å².